The molecule has 0 radical (unpaired) electrons. The zero-order valence-electron chi connectivity index (χ0n) is 35.6. The summed E-state index contributed by atoms with van der Waals surface area (Å²) in [5.41, 5.74) is 12.9. The Morgan fingerprint density at radius 3 is 2.12 bits per heavy atom. The maximum atomic E-state index is 15.2. The second-order valence-electron chi connectivity index (χ2n) is 18.2. The summed E-state index contributed by atoms with van der Waals surface area (Å²) in [4.78, 5) is 29.7. The zero-order valence-corrected chi connectivity index (χ0v) is 38.6. The van der Waals surface area contributed by atoms with Crippen LogP contribution in [0.3, 0.4) is 0 Å². The maximum absolute atomic E-state index is 15.2. The highest BCUT2D eigenvalue weighted by molar-refractivity contribution is 6.70. The fourth-order valence-corrected chi connectivity index (χ4v) is 9.49. The number of carbonyl (C=O) groups is 2. The highest BCUT2D eigenvalue weighted by atomic mass is 28.4. The molecule has 1 fully saturated rings. The van der Waals surface area contributed by atoms with Crippen molar-refractivity contribution >= 4 is 59.4 Å². The molecule has 0 aliphatic carbocycles. The normalized spacial score (nSPS) is 20.7. The van der Waals surface area contributed by atoms with Gasteiger partial charge in [-0.15, -0.1) is 0 Å². The van der Waals surface area contributed by atoms with Crippen molar-refractivity contribution in [3.05, 3.63) is 42.1 Å². The van der Waals surface area contributed by atoms with E-state index in [-0.39, 0.29) is 58.4 Å². The minimum Gasteiger partial charge on any atom is -0.431 e. The SMILES string of the molecule is CC(=O)c1cc(-c2ncc(-c3cnn(COC(=O)OC[C@H]4OC(O[Si](C)(C)C)[C@H](OC(C)(C)C)[C@@H](O[Si](C)(C)C)[C@@H]4O[Si](C)(C)C)c3)c3onc(N)c23)c(F)cc1N. The van der Waals surface area contributed by atoms with Gasteiger partial charge in [0, 0.05) is 40.3 Å². The number of nitrogens with two attached hydrogens (primary N) is 2. The summed E-state index contributed by atoms with van der Waals surface area (Å²) in [6.07, 6.45) is 0.188. The standard InChI is InChI=1S/C38H57FN6O10Si3/c1-21(46)23-14-24(26(39)15-27(23)40)30-29-31(52-44-35(29)41)25(17-42-30)22-16-43-45(18-22)20-49-37(47)48-19-28-32(53-56(5,6)7)33(54-57(8,9)10)34(51-38(2,3)4)36(50-28)55-58(11,12)13/h14-18,28,32-34,36H,19-20,40H2,1-13H3,(H2,41,44)/t28-,32-,33+,34-,36?/m1/s1. The Bertz CT molecular complexity index is 2120. The summed E-state index contributed by atoms with van der Waals surface area (Å²) in [7, 11) is -6.60. The number of benzene rings is 1. The number of Topliss-reactive ketones (excluding diaryl/α,β-unsaturated/α-hetero) is 1. The summed E-state index contributed by atoms with van der Waals surface area (Å²) in [5.74, 6) is -1.08. The number of pyridine rings is 1. The van der Waals surface area contributed by atoms with E-state index in [2.05, 4.69) is 74.2 Å². The molecule has 0 spiro atoms. The molecule has 20 heteroatoms. The Balaban J connectivity index is 1.34. The summed E-state index contributed by atoms with van der Waals surface area (Å²) in [6.45, 7) is 25.5. The molecular weight excluding hydrogens is 804 g/mol. The molecule has 5 rings (SSSR count). The van der Waals surface area contributed by atoms with E-state index >= 15 is 4.39 Å². The van der Waals surface area contributed by atoms with Gasteiger partial charge in [-0.1, -0.05) is 5.16 Å². The number of anilines is 2. The van der Waals surface area contributed by atoms with Gasteiger partial charge in [-0.05, 0) is 98.8 Å². The molecular formula is C38H57FN6O10Si3. The predicted molar refractivity (Wildman–Crippen MR) is 224 cm³/mol. The molecule has 16 nitrogen and oxygen atoms in total. The van der Waals surface area contributed by atoms with Gasteiger partial charge in [0.25, 0.3) is 0 Å². The average Bonchev–Trinajstić information content (AvgIpc) is 3.70. The highest BCUT2D eigenvalue weighted by Crippen LogP contribution is 2.39. The number of hydrogen-bond donors (Lipinski definition) is 2. The Morgan fingerprint density at radius 2 is 1.52 bits per heavy atom. The van der Waals surface area contributed by atoms with Crippen molar-refractivity contribution in [1.82, 2.24) is 19.9 Å². The van der Waals surface area contributed by atoms with Crippen molar-refractivity contribution in [1.29, 1.82) is 0 Å². The predicted octanol–water partition coefficient (Wildman–Crippen LogP) is 7.57. The Morgan fingerprint density at radius 1 is 0.879 bits per heavy atom. The number of nitrogen functional groups attached to an aromatic ring is 2. The molecule has 318 valence electrons. The van der Waals surface area contributed by atoms with Gasteiger partial charge in [-0.2, -0.15) is 5.10 Å². The Kier molecular flexibility index (Phi) is 13.1. The molecule has 1 aromatic carbocycles. The molecule has 1 aliphatic rings. The number of fused-ring (bicyclic) bond motifs is 1. The van der Waals surface area contributed by atoms with Crippen LogP contribution in [0.25, 0.3) is 33.4 Å². The van der Waals surface area contributed by atoms with Gasteiger partial charge in [-0.3, -0.25) is 9.78 Å². The number of nitrogens with zero attached hydrogens (tertiary/aromatic N) is 4. The molecule has 1 unspecified atom stereocenters. The van der Waals surface area contributed by atoms with Crippen molar-refractivity contribution in [2.45, 2.75) is 130 Å². The van der Waals surface area contributed by atoms with Crippen molar-refractivity contribution in [2.75, 3.05) is 18.1 Å². The molecule has 0 bridgehead atoms. The number of hydrogen-bond acceptors (Lipinski definition) is 15. The Hall–Kier alpha value is -4.03. The quantitative estimate of drug-likeness (QED) is 0.0542. The molecule has 5 atom stereocenters. The topological polar surface area (TPSA) is 208 Å². The minimum absolute atomic E-state index is 0.00158. The highest BCUT2D eigenvalue weighted by Gasteiger charge is 2.53. The first-order valence-electron chi connectivity index (χ1n) is 19.0. The summed E-state index contributed by atoms with van der Waals surface area (Å²) in [6, 6.07) is 2.39. The second kappa shape index (κ2) is 16.9. The van der Waals surface area contributed by atoms with Crippen LogP contribution in [0.1, 0.15) is 38.1 Å². The third-order valence-corrected chi connectivity index (χ3v) is 11.3. The molecule has 1 aliphatic heterocycles. The number of aromatic nitrogens is 4. The number of halogens is 1. The molecule has 1 saturated heterocycles. The first kappa shape index (κ1) is 45.1. The number of carbonyl (C=O) groups excluding carboxylic acids is 2. The van der Waals surface area contributed by atoms with Crippen LogP contribution in [0.2, 0.25) is 58.9 Å². The maximum Gasteiger partial charge on any atom is 0.510 e. The van der Waals surface area contributed by atoms with Crippen LogP contribution in [-0.4, -0.2) is 99.7 Å². The smallest absolute Gasteiger partial charge is 0.431 e. The fourth-order valence-electron chi connectivity index (χ4n) is 6.42. The molecule has 4 heterocycles. The lowest BCUT2D eigenvalue weighted by Crippen LogP contribution is -2.66. The van der Waals surface area contributed by atoms with Gasteiger partial charge in [0.2, 0.25) is 0 Å². The average molecular weight is 861 g/mol. The van der Waals surface area contributed by atoms with Crippen LogP contribution in [0.5, 0.6) is 0 Å². The van der Waals surface area contributed by atoms with Crippen molar-refractivity contribution in [3.8, 4) is 22.4 Å². The van der Waals surface area contributed by atoms with Gasteiger partial charge >= 0.3 is 6.16 Å². The summed E-state index contributed by atoms with van der Waals surface area (Å²) < 4.78 is 66.6. The summed E-state index contributed by atoms with van der Waals surface area (Å²) in [5, 5.41) is 8.43. The van der Waals surface area contributed by atoms with E-state index in [0.717, 1.165) is 6.07 Å². The van der Waals surface area contributed by atoms with E-state index in [1.807, 2.05) is 20.8 Å². The van der Waals surface area contributed by atoms with Gasteiger partial charge in [-0.25, -0.2) is 13.9 Å². The number of ketones is 1. The van der Waals surface area contributed by atoms with Crippen LogP contribution in [0.4, 0.5) is 20.7 Å². The third kappa shape index (κ3) is 11.4. The van der Waals surface area contributed by atoms with E-state index in [1.54, 1.807) is 6.20 Å². The Labute approximate surface area is 341 Å². The number of ether oxygens (including phenoxy) is 4. The first-order valence-corrected chi connectivity index (χ1v) is 29.3. The molecule has 58 heavy (non-hydrogen) atoms. The lowest BCUT2D eigenvalue weighted by Gasteiger charge is -2.51. The van der Waals surface area contributed by atoms with E-state index in [9.17, 15) is 9.59 Å². The minimum atomic E-state index is -2.22. The van der Waals surface area contributed by atoms with Gasteiger partial charge < -0.3 is 48.2 Å². The van der Waals surface area contributed by atoms with E-state index in [0.29, 0.717) is 11.1 Å². The van der Waals surface area contributed by atoms with Gasteiger partial charge in [0.1, 0.15) is 36.8 Å². The lowest BCUT2D eigenvalue weighted by atomic mass is 9.98. The summed E-state index contributed by atoms with van der Waals surface area (Å²) >= 11 is 0. The van der Waals surface area contributed by atoms with Crippen molar-refractivity contribution in [2.24, 2.45) is 0 Å². The fraction of sp³-hybridized carbons (Fsp3) is 0.553. The molecule has 3 aromatic heterocycles. The number of rotatable bonds is 14. The zero-order chi connectivity index (χ0) is 43.1. The lowest BCUT2D eigenvalue weighted by molar-refractivity contribution is -0.299. The van der Waals surface area contributed by atoms with Crippen LogP contribution in [0.15, 0.2) is 35.2 Å². The first-order chi connectivity index (χ1) is 26.7. The van der Waals surface area contributed by atoms with Crippen LogP contribution in [-0.2, 0) is 39.0 Å². The van der Waals surface area contributed by atoms with Crippen molar-refractivity contribution in [3.63, 3.8) is 0 Å². The van der Waals surface area contributed by atoms with Crippen LogP contribution in [0, 0.1) is 5.82 Å². The van der Waals surface area contributed by atoms with Crippen LogP contribution < -0.4 is 11.5 Å². The van der Waals surface area contributed by atoms with E-state index in [4.69, 9.17) is 48.2 Å². The van der Waals surface area contributed by atoms with Gasteiger partial charge in [0.05, 0.1) is 22.9 Å². The monoisotopic (exact) mass is 860 g/mol. The van der Waals surface area contributed by atoms with Gasteiger partial charge in [0.15, 0.2) is 55.2 Å². The van der Waals surface area contributed by atoms with E-state index in [1.165, 1.54) is 30.1 Å². The molecule has 0 saturated carbocycles. The molecule has 4 aromatic rings. The second-order valence-corrected chi connectivity index (χ2v) is 31.6. The van der Waals surface area contributed by atoms with Crippen molar-refractivity contribution < 1.29 is 50.7 Å². The molecule has 0 amide bonds. The van der Waals surface area contributed by atoms with E-state index < -0.39 is 73.2 Å². The molecule has 4 N–H and O–H groups in total. The largest absolute Gasteiger partial charge is 0.510 e. The van der Waals surface area contributed by atoms with Crippen LogP contribution >= 0.6 is 0 Å². The third-order valence-electron chi connectivity index (χ3n) is 8.45.